The molecule has 0 atom stereocenters. The molecule has 1 aromatic rings. The van der Waals surface area contributed by atoms with Crippen molar-refractivity contribution in [3.05, 3.63) is 28.8 Å². The summed E-state index contributed by atoms with van der Waals surface area (Å²) in [6.07, 6.45) is 3.26. The molecule has 3 nitrogen and oxygen atoms in total. The van der Waals surface area contributed by atoms with Crippen molar-refractivity contribution in [2.45, 2.75) is 39.7 Å². The minimum atomic E-state index is 0.184. The molecule has 0 saturated heterocycles. The largest absolute Gasteiger partial charge is 0.496 e. The number of hydrogen-bond donors (Lipinski definition) is 1. The Labute approximate surface area is 109 Å². The summed E-state index contributed by atoms with van der Waals surface area (Å²) in [4.78, 5) is 11.8. The molecular weight excluding hydrogens is 226 g/mol. The van der Waals surface area contributed by atoms with Crippen LogP contribution in [0.15, 0.2) is 12.1 Å². The smallest absolute Gasteiger partial charge is 0.223 e. The molecule has 0 unspecified atom stereocenters. The molecule has 0 aliphatic heterocycles. The van der Waals surface area contributed by atoms with Crippen LogP contribution in [-0.2, 0) is 11.3 Å². The minimum Gasteiger partial charge on any atom is -0.496 e. The minimum absolute atomic E-state index is 0.184. The van der Waals surface area contributed by atoms with E-state index in [1.165, 1.54) is 17.5 Å². The molecule has 0 heterocycles. The highest BCUT2D eigenvalue weighted by molar-refractivity contribution is 5.79. The maximum absolute atomic E-state index is 11.8. The fraction of sp³-hybridized carbons (Fsp3) is 0.533. The van der Waals surface area contributed by atoms with Crippen LogP contribution in [0, 0.1) is 19.8 Å². The summed E-state index contributed by atoms with van der Waals surface area (Å²) in [5.74, 6) is 1.28. The van der Waals surface area contributed by atoms with Crippen molar-refractivity contribution in [2.75, 3.05) is 7.11 Å². The third kappa shape index (κ3) is 2.66. The van der Waals surface area contributed by atoms with Crippen molar-refractivity contribution in [3.8, 4) is 5.75 Å². The van der Waals surface area contributed by atoms with Crippen LogP contribution >= 0.6 is 0 Å². The highest BCUT2D eigenvalue weighted by Crippen LogP contribution is 2.27. The summed E-state index contributed by atoms with van der Waals surface area (Å²) in [5.41, 5.74) is 3.43. The second kappa shape index (κ2) is 5.42. The Bertz CT molecular complexity index is 450. The van der Waals surface area contributed by atoms with Crippen molar-refractivity contribution < 1.29 is 9.53 Å². The van der Waals surface area contributed by atoms with E-state index in [2.05, 4.69) is 18.3 Å². The van der Waals surface area contributed by atoms with E-state index in [4.69, 9.17) is 4.74 Å². The summed E-state index contributed by atoms with van der Waals surface area (Å²) in [6, 6.07) is 4.13. The molecule has 2 rings (SSSR count). The summed E-state index contributed by atoms with van der Waals surface area (Å²) < 4.78 is 5.39. The predicted octanol–water partition coefficient (Wildman–Crippen LogP) is 2.73. The van der Waals surface area contributed by atoms with Gasteiger partial charge in [0, 0.05) is 18.0 Å². The third-order valence-electron chi connectivity index (χ3n) is 3.71. The van der Waals surface area contributed by atoms with Crippen LogP contribution in [0.5, 0.6) is 5.75 Å². The van der Waals surface area contributed by atoms with Crippen molar-refractivity contribution in [2.24, 2.45) is 5.92 Å². The number of benzene rings is 1. The van der Waals surface area contributed by atoms with E-state index in [-0.39, 0.29) is 11.8 Å². The Morgan fingerprint density at radius 2 is 2.11 bits per heavy atom. The number of methoxy groups -OCH3 is 1. The molecule has 1 aromatic carbocycles. The summed E-state index contributed by atoms with van der Waals surface area (Å²) in [5, 5.41) is 3.02. The molecule has 1 amide bonds. The number of carbonyl (C=O) groups excluding carboxylic acids is 1. The van der Waals surface area contributed by atoms with Crippen LogP contribution in [0.25, 0.3) is 0 Å². The van der Waals surface area contributed by atoms with E-state index in [1.54, 1.807) is 7.11 Å². The molecular formula is C15H21NO2. The van der Waals surface area contributed by atoms with Gasteiger partial charge in [-0.3, -0.25) is 4.79 Å². The molecule has 3 heteroatoms. The Kier molecular flexibility index (Phi) is 3.90. The van der Waals surface area contributed by atoms with E-state index in [0.717, 1.165) is 24.2 Å². The SMILES string of the molecule is COc1cc(C)cc(C)c1CNC(=O)C1CCC1. The monoisotopic (exact) mass is 247 g/mol. The third-order valence-corrected chi connectivity index (χ3v) is 3.71. The number of carbonyl (C=O) groups is 1. The first-order valence-corrected chi connectivity index (χ1v) is 6.53. The number of ether oxygens (including phenoxy) is 1. The first kappa shape index (κ1) is 12.9. The van der Waals surface area contributed by atoms with Crippen molar-refractivity contribution in [1.82, 2.24) is 5.32 Å². The van der Waals surface area contributed by atoms with E-state index >= 15 is 0 Å². The molecule has 1 fully saturated rings. The zero-order valence-corrected chi connectivity index (χ0v) is 11.4. The van der Waals surface area contributed by atoms with Crippen LogP contribution in [0.1, 0.15) is 36.0 Å². The van der Waals surface area contributed by atoms with E-state index in [0.29, 0.717) is 6.54 Å². The number of aryl methyl sites for hydroxylation is 2. The highest BCUT2D eigenvalue weighted by atomic mass is 16.5. The van der Waals surface area contributed by atoms with E-state index in [9.17, 15) is 4.79 Å². The standard InChI is InChI=1S/C15H21NO2/c1-10-7-11(2)13(14(8-10)18-3)9-16-15(17)12-5-4-6-12/h7-8,12H,4-6,9H2,1-3H3,(H,16,17). The molecule has 98 valence electrons. The van der Waals surface area contributed by atoms with Crippen molar-refractivity contribution in [3.63, 3.8) is 0 Å². The van der Waals surface area contributed by atoms with Gasteiger partial charge in [0.1, 0.15) is 5.75 Å². The van der Waals surface area contributed by atoms with Crippen LogP contribution in [0.2, 0.25) is 0 Å². The lowest BCUT2D eigenvalue weighted by atomic mass is 9.85. The van der Waals surface area contributed by atoms with Crippen LogP contribution in [0.4, 0.5) is 0 Å². The van der Waals surface area contributed by atoms with Gasteiger partial charge >= 0.3 is 0 Å². The maximum atomic E-state index is 11.8. The van der Waals surface area contributed by atoms with Gasteiger partial charge in [0.05, 0.1) is 7.11 Å². The van der Waals surface area contributed by atoms with Gasteiger partial charge in [-0.2, -0.15) is 0 Å². The van der Waals surface area contributed by atoms with Gasteiger partial charge in [0.2, 0.25) is 5.91 Å². The predicted molar refractivity (Wildman–Crippen MR) is 71.7 cm³/mol. The zero-order chi connectivity index (χ0) is 13.1. The van der Waals surface area contributed by atoms with Gasteiger partial charge in [-0.15, -0.1) is 0 Å². The molecule has 1 N–H and O–H groups in total. The molecule has 1 aliphatic carbocycles. The van der Waals surface area contributed by atoms with Gasteiger partial charge in [-0.1, -0.05) is 12.5 Å². The van der Waals surface area contributed by atoms with Gasteiger partial charge in [-0.25, -0.2) is 0 Å². The quantitative estimate of drug-likeness (QED) is 0.888. The summed E-state index contributed by atoms with van der Waals surface area (Å²) >= 11 is 0. The summed E-state index contributed by atoms with van der Waals surface area (Å²) in [6.45, 7) is 4.66. The Morgan fingerprint density at radius 3 is 2.67 bits per heavy atom. The number of amides is 1. The summed E-state index contributed by atoms with van der Waals surface area (Å²) in [7, 11) is 1.67. The number of hydrogen-bond acceptors (Lipinski definition) is 2. The first-order valence-electron chi connectivity index (χ1n) is 6.53. The molecule has 18 heavy (non-hydrogen) atoms. The maximum Gasteiger partial charge on any atom is 0.223 e. The lowest BCUT2D eigenvalue weighted by Crippen LogP contribution is -2.34. The highest BCUT2D eigenvalue weighted by Gasteiger charge is 2.25. The average Bonchev–Trinajstić information content (AvgIpc) is 2.24. The lowest BCUT2D eigenvalue weighted by Gasteiger charge is -2.24. The van der Waals surface area contributed by atoms with E-state index in [1.807, 2.05) is 13.0 Å². The van der Waals surface area contributed by atoms with Gasteiger partial charge in [0.25, 0.3) is 0 Å². The fourth-order valence-corrected chi connectivity index (χ4v) is 2.36. The zero-order valence-electron chi connectivity index (χ0n) is 11.4. The molecule has 0 radical (unpaired) electrons. The van der Waals surface area contributed by atoms with Crippen molar-refractivity contribution in [1.29, 1.82) is 0 Å². The molecule has 1 saturated carbocycles. The topological polar surface area (TPSA) is 38.3 Å². The Morgan fingerprint density at radius 1 is 1.39 bits per heavy atom. The normalized spacial score (nSPS) is 15.1. The van der Waals surface area contributed by atoms with E-state index < -0.39 is 0 Å². The number of rotatable bonds is 4. The van der Waals surface area contributed by atoms with Gasteiger partial charge in [-0.05, 0) is 43.9 Å². The van der Waals surface area contributed by atoms with Crippen LogP contribution in [-0.4, -0.2) is 13.0 Å². The second-order valence-electron chi connectivity index (χ2n) is 5.11. The molecule has 1 aliphatic rings. The first-order chi connectivity index (χ1) is 8.61. The molecule has 0 bridgehead atoms. The molecule has 0 spiro atoms. The Balaban J connectivity index is 2.05. The van der Waals surface area contributed by atoms with Crippen molar-refractivity contribution >= 4 is 5.91 Å². The van der Waals surface area contributed by atoms with Gasteiger partial charge in [0.15, 0.2) is 0 Å². The number of nitrogens with one attached hydrogen (secondary N) is 1. The van der Waals surface area contributed by atoms with Crippen LogP contribution in [0.3, 0.4) is 0 Å². The van der Waals surface area contributed by atoms with Gasteiger partial charge < -0.3 is 10.1 Å². The van der Waals surface area contributed by atoms with Crippen LogP contribution < -0.4 is 10.1 Å². The lowest BCUT2D eigenvalue weighted by molar-refractivity contribution is -0.127. The fourth-order valence-electron chi connectivity index (χ4n) is 2.36. The second-order valence-corrected chi connectivity index (χ2v) is 5.11. The Hall–Kier alpha value is -1.51. The average molecular weight is 247 g/mol. The molecule has 0 aromatic heterocycles.